The number of aromatic nitrogens is 2. The molecule has 42 heavy (non-hydrogen) atoms. The van der Waals surface area contributed by atoms with Crippen LogP contribution in [0.2, 0.25) is 0 Å². The van der Waals surface area contributed by atoms with Gasteiger partial charge in [-0.1, -0.05) is 12.1 Å². The number of thiophene rings is 1. The number of benzene rings is 2. The molecule has 2 aromatic carbocycles. The van der Waals surface area contributed by atoms with E-state index in [1.54, 1.807) is 11.0 Å². The zero-order chi connectivity index (χ0) is 29.4. The minimum Gasteiger partial charge on any atom is -0.491 e. The monoisotopic (exact) mass is 590 g/mol. The first-order valence-electron chi connectivity index (χ1n) is 13.8. The van der Waals surface area contributed by atoms with Gasteiger partial charge >= 0.3 is 6.09 Å². The molecule has 1 saturated heterocycles. The molecule has 0 spiro atoms. The van der Waals surface area contributed by atoms with Crippen molar-refractivity contribution in [3.63, 3.8) is 0 Å². The van der Waals surface area contributed by atoms with Crippen LogP contribution in [0.3, 0.4) is 0 Å². The molecule has 4 aromatic rings. The zero-order valence-corrected chi connectivity index (χ0v) is 24.4. The molecule has 0 bridgehead atoms. The Bertz CT molecular complexity index is 1670. The van der Waals surface area contributed by atoms with Gasteiger partial charge in [-0.2, -0.15) is 0 Å². The number of halogens is 1. The van der Waals surface area contributed by atoms with Crippen molar-refractivity contribution in [2.45, 2.75) is 45.4 Å². The first kappa shape index (κ1) is 28.0. The molecule has 11 heteroatoms. The van der Waals surface area contributed by atoms with Crippen molar-refractivity contribution in [3.05, 3.63) is 64.8 Å². The summed E-state index contributed by atoms with van der Waals surface area (Å²) in [4.78, 5) is 26.2. The van der Waals surface area contributed by atoms with Crippen LogP contribution in [-0.2, 0) is 27.2 Å². The topological polar surface area (TPSA) is 103 Å². The summed E-state index contributed by atoms with van der Waals surface area (Å²) in [5.74, 6) is -0.137. The van der Waals surface area contributed by atoms with Crippen LogP contribution in [0, 0.1) is 5.82 Å². The van der Waals surface area contributed by atoms with Gasteiger partial charge in [0.1, 0.15) is 35.2 Å². The van der Waals surface area contributed by atoms with Gasteiger partial charge in [-0.25, -0.2) is 9.18 Å². The highest BCUT2D eigenvalue weighted by Gasteiger charge is 2.32. The minimum absolute atomic E-state index is 0.0190. The molecule has 0 radical (unpaired) electrons. The Kier molecular flexibility index (Phi) is 7.54. The fraction of sp³-hybridized carbons (Fsp3) is 0.355. The van der Waals surface area contributed by atoms with E-state index >= 15 is 0 Å². The summed E-state index contributed by atoms with van der Waals surface area (Å²) < 4.78 is 32.7. The third-order valence-electron chi connectivity index (χ3n) is 7.18. The SMILES string of the molecule is CC(C)(C)OC(=O)N1CCOCC1COc1cc(F)ccc1-c1nnc(-c2ccc3c(c2)CNC(=O)C3)c2ccsc12. The van der Waals surface area contributed by atoms with Crippen molar-refractivity contribution in [2.75, 3.05) is 26.4 Å². The lowest BCUT2D eigenvalue weighted by atomic mass is 9.96. The molecule has 1 atom stereocenters. The lowest BCUT2D eigenvalue weighted by Gasteiger charge is -2.36. The van der Waals surface area contributed by atoms with Crippen LogP contribution in [0.1, 0.15) is 31.9 Å². The number of nitrogens with one attached hydrogen (secondary N) is 1. The van der Waals surface area contributed by atoms with Crippen LogP contribution in [0.25, 0.3) is 32.6 Å². The molecule has 4 heterocycles. The van der Waals surface area contributed by atoms with E-state index in [1.165, 1.54) is 23.5 Å². The highest BCUT2D eigenvalue weighted by atomic mass is 32.1. The molecule has 1 N–H and O–H groups in total. The van der Waals surface area contributed by atoms with Crippen LogP contribution < -0.4 is 10.1 Å². The second-order valence-electron chi connectivity index (χ2n) is 11.4. The van der Waals surface area contributed by atoms with Gasteiger partial charge in [-0.05, 0) is 61.5 Å². The maximum atomic E-state index is 14.5. The first-order valence-corrected chi connectivity index (χ1v) is 14.7. The number of fused-ring (bicyclic) bond motifs is 2. The third kappa shape index (κ3) is 5.79. The molecule has 1 fully saturated rings. The van der Waals surface area contributed by atoms with E-state index in [2.05, 4.69) is 15.5 Å². The van der Waals surface area contributed by atoms with Crippen molar-refractivity contribution in [2.24, 2.45) is 0 Å². The Morgan fingerprint density at radius 3 is 2.81 bits per heavy atom. The normalized spacial score (nSPS) is 17.1. The first-order chi connectivity index (χ1) is 20.2. The van der Waals surface area contributed by atoms with E-state index in [0.717, 1.165) is 32.5 Å². The van der Waals surface area contributed by atoms with Gasteiger partial charge in [0.15, 0.2) is 0 Å². The van der Waals surface area contributed by atoms with Crippen molar-refractivity contribution >= 4 is 33.4 Å². The summed E-state index contributed by atoms with van der Waals surface area (Å²) in [6, 6.07) is 11.9. The van der Waals surface area contributed by atoms with Crippen molar-refractivity contribution in [3.8, 4) is 28.3 Å². The predicted molar refractivity (Wildman–Crippen MR) is 157 cm³/mol. The van der Waals surface area contributed by atoms with Crippen molar-refractivity contribution in [1.29, 1.82) is 0 Å². The van der Waals surface area contributed by atoms with E-state index in [1.807, 2.05) is 50.4 Å². The number of morpholine rings is 1. The summed E-state index contributed by atoms with van der Waals surface area (Å²) in [6.07, 6.45) is -0.0746. The molecule has 2 amide bonds. The molecular weight excluding hydrogens is 559 g/mol. The number of carbonyl (C=O) groups is 2. The number of carbonyl (C=O) groups excluding carboxylic acids is 2. The van der Waals surface area contributed by atoms with Crippen LogP contribution in [-0.4, -0.2) is 65.1 Å². The average Bonchev–Trinajstić information content (AvgIpc) is 3.45. The van der Waals surface area contributed by atoms with Gasteiger partial charge in [0.25, 0.3) is 0 Å². The molecular formula is C31H31FN4O5S. The molecule has 218 valence electrons. The molecule has 0 saturated carbocycles. The van der Waals surface area contributed by atoms with E-state index in [0.29, 0.717) is 43.1 Å². The van der Waals surface area contributed by atoms with Crippen molar-refractivity contribution < 1.29 is 28.2 Å². The number of ether oxygens (including phenoxy) is 3. The standard InChI is InChI=1S/C31H31FN4O5S/c1-31(2,3)41-30(38)36-9-10-39-16-22(36)17-40-25-14-21(32)6-7-23(25)28-29-24(8-11-42-29)27(34-35-28)19-5-4-18-13-26(37)33-15-20(18)12-19/h4-8,11-12,14,22H,9-10,13,15-17H2,1-3H3,(H,33,37). The van der Waals surface area contributed by atoms with Crippen molar-refractivity contribution in [1.82, 2.24) is 20.4 Å². The van der Waals surface area contributed by atoms with E-state index in [-0.39, 0.29) is 19.1 Å². The number of hydrogen-bond acceptors (Lipinski definition) is 8. The molecule has 9 nitrogen and oxygen atoms in total. The fourth-order valence-electron chi connectivity index (χ4n) is 5.16. The third-order valence-corrected chi connectivity index (χ3v) is 8.10. The van der Waals surface area contributed by atoms with Gasteiger partial charge in [-0.15, -0.1) is 21.5 Å². The maximum Gasteiger partial charge on any atom is 0.410 e. The molecule has 2 aliphatic rings. The van der Waals surface area contributed by atoms with E-state index in [9.17, 15) is 14.0 Å². The molecule has 2 aliphatic heterocycles. The fourth-order valence-corrected chi connectivity index (χ4v) is 6.05. The molecule has 2 aromatic heterocycles. The lowest BCUT2D eigenvalue weighted by molar-refractivity contribution is -0.121. The Morgan fingerprint density at radius 1 is 1.14 bits per heavy atom. The number of rotatable bonds is 5. The number of nitrogens with zero attached hydrogens (tertiary/aromatic N) is 3. The number of hydrogen-bond donors (Lipinski definition) is 1. The molecule has 1 unspecified atom stereocenters. The quantitative estimate of drug-likeness (QED) is 0.334. The van der Waals surface area contributed by atoms with Gasteiger partial charge < -0.3 is 19.5 Å². The van der Waals surface area contributed by atoms with Crippen LogP contribution in [0.15, 0.2) is 47.8 Å². The largest absolute Gasteiger partial charge is 0.491 e. The lowest BCUT2D eigenvalue weighted by Crippen LogP contribution is -2.52. The Balaban J connectivity index is 1.30. The van der Waals surface area contributed by atoms with Gasteiger partial charge in [-0.3, -0.25) is 9.69 Å². The Hall–Kier alpha value is -4.09. The van der Waals surface area contributed by atoms with Gasteiger partial charge in [0.05, 0.1) is 30.4 Å². The smallest absolute Gasteiger partial charge is 0.410 e. The predicted octanol–water partition coefficient (Wildman–Crippen LogP) is 5.35. The van der Waals surface area contributed by atoms with E-state index < -0.39 is 23.6 Å². The minimum atomic E-state index is -0.636. The summed E-state index contributed by atoms with van der Waals surface area (Å²) >= 11 is 1.52. The second-order valence-corrected chi connectivity index (χ2v) is 12.3. The zero-order valence-electron chi connectivity index (χ0n) is 23.6. The Labute approximate surface area is 246 Å². The highest BCUT2D eigenvalue weighted by Crippen LogP contribution is 2.40. The summed E-state index contributed by atoms with van der Waals surface area (Å²) in [5, 5.41) is 15.0. The maximum absolute atomic E-state index is 14.5. The van der Waals surface area contributed by atoms with Crippen LogP contribution >= 0.6 is 11.3 Å². The highest BCUT2D eigenvalue weighted by molar-refractivity contribution is 7.17. The summed E-state index contributed by atoms with van der Waals surface area (Å²) in [6.45, 7) is 7.07. The second kappa shape index (κ2) is 11.3. The van der Waals surface area contributed by atoms with Gasteiger partial charge in [0, 0.05) is 35.7 Å². The Morgan fingerprint density at radius 2 is 1.98 bits per heavy atom. The van der Waals surface area contributed by atoms with E-state index in [4.69, 9.17) is 14.2 Å². The molecule has 0 aliphatic carbocycles. The summed E-state index contributed by atoms with van der Waals surface area (Å²) in [5.41, 5.74) is 4.24. The average molecular weight is 591 g/mol. The van der Waals surface area contributed by atoms with Gasteiger partial charge in [0.2, 0.25) is 5.91 Å². The summed E-state index contributed by atoms with van der Waals surface area (Å²) in [7, 11) is 0. The number of amides is 2. The van der Waals surface area contributed by atoms with Crippen LogP contribution in [0.5, 0.6) is 5.75 Å². The molecule has 6 rings (SSSR count). The van der Waals surface area contributed by atoms with Crippen LogP contribution in [0.4, 0.5) is 9.18 Å².